The largest absolute Gasteiger partial charge is 0.493 e. The molecule has 0 bridgehead atoms. The second-order valence-electron chi connectivity index (χ2n) is 9.23. The summed E-state index contributed by atoms with van der Waals surface area (Å²) in [5.74, 6) is 1.12. The lowest BCUT2D eigenvalue weighted by atomic mass is 9.88. The lowest BCUT2D eigenvalue weighted by Gasteiger charge is -2.23. The summed E-state index contributed by atoms with van der Waals surface area (Å²) in [6.45, 7) is -0.0235. The average Bonchev–Trinajstić information content (AvgIpc) is 2.93. The maximum absolute atomic E-state index is 14.2. The number of aromatic nitrogens is 2. The third-order valence-corrected chi connectivity index (χ3v) is 7.43. The van der Waals surface area contributed by atoms with Crippen LogP contribution in [0.25, 0.3) is 10.9 Å². The molecule has 4 aromatic rings. The van der Waals surface area contributed by atoms with Gasteiger partial charge in [0.05, 0.1) is 24.2 Å². The first kappa shape index (κ1) is 26.4. The second-order valence-corrected chi connectivity index (χ2v) is 10.6. The van der Waals surface area contributed by atoms with Crippen LogP contribution in [-0.4, -0.2) is 23.0 Å². The van der Waals surface area contributed by atoms with Gasteiger partial charge < -0.3 is 9.47 Å². The van der Waals surface area contributed by atoms with Gasteiger partial charge in [0.2, 0.25) is 0 Å². The zero-order valence-electron chi connectivity index (χ0n) is 20.8. The average molecular weight is 599 g/mol. The van der Waals surface area contributed by atoms with Crippen molar-refractivity contribution in [1.29, 1.82) is 0 Å². The minimum absolute atomic E-state index is 0.0235. The second kappa shape index (κ2) is 11.7. The fourth-order valence-corrected chi connectivity index (χ4v) is 5.36. The van der Waals surface area contributed by atoms with Crippen molar-refractivity contribution >= 4 is 44.6 Å². The van der Waals surface area contributed by atoms with Gasteiger partial charge in [-0.2, -0.15) is 9.78 Å². The molecule has 0 N–H and O–H groups in total. The first-order chi connectivity index (χ1) is 18.4. The standard InChI is InChI=1S/C29H26BrClFN3O3/c1-37-26-15-22(31)13-20(27(26)38-17-19-9-5-6-10-24(19)32)16-33-35-28(18-7-3-2-4-8-18)34-25-12-11-21(30)14-23(25)29(35)36/h5-6,9-16,18H,2-4,7-8,17H2,1H3. The zero-order valence-corrected chi connectivity index (χ0v) is 23.1. The molecule has 1 aliphatic rings. The molecule has 1 saturated carbocycles. The molecule has 1 aromatic heterocycles. The molecule has 6 nitrogen and oxygen atoms in total. The maximum Gasteiger partial charge on any atom is 0.282 e. The Morgan fingerprint density at radius 1 is 1.16 bits per heavy atom. The molecule has 5 rings (SSSR count). The summed E-state index contributed by atoms with van der Waals surface area (Å²) >= 11 is 9.81. The number of hydrogen-bond acceptors (Lipinski definition) is 5. The molecule has 0 saturated heterocycles. The monoisotopic (exact) mass is 597 g/mol. The molecule has 1 heterocycles. The number of ether oxygens (including phenoxy) is 2. The molecule has 1 aliphatic carbocycles. The minimum Gasteiger partial charge on any atom is -0.493 e. The predicted molar refractivity (Wildman–Crippen MR) is 151 cm³/mol. The smallest absolute Gasteiger partial charge is 0.282 e. The van der Waals surface area contributed by atoms with Crippen LogP contribution >= 0.6 is 27.5 Å². The number of benzene rings is 3. The van der Waals surface area contributed by atoms with Crippen molar-refractivity contribution in [2.24, 2.45) is 5.10 Å². The van der Waals surface area contributed by atoms with E-state index >= 15 is 0 Å². The van der Waals surface area contributed by atoms with Gasteiger partial charge in [0.25, 0.3) is 5.56 Å². The number of methoxy groups -OCH3 is 1. The Labute approximate surface area is 233 Å². The molecule has 0 aliphatic heterocycles. The van der Waals surface area contributed by atoms with Crippen molar-refractivity contribution in [3.05, 3.63) is 97.2 Å². The van der Waals surface area contributed by atoms with Crippen molar-refractivity contribution in [1.82, 2.24) is 9.66 Å². The predicted octanol–water partition coefficient (Wildman–Crippen LogP) is 7.47. The lowest BCUT2D eigenvalue weighted by Crippen LogP contribution is -2.25. The number of rotatable bonds is 7. The van der Waals surface area contributed by atoms with Gasteiger partial charge in [-0.1, -0.05) is 65.0 Å². The first-order valence-electron chi connectivity index (χ1n) is 12.4. The minimum atomic E-state index is -0.368. The lowest BCUT2D eigenvalue weighted by molar-refractivity contribution is 0.279. The molecule has 9 heteroatoms. The summed E-state index contributed by atoms with van der Waals surface area (Å²) < 4.78 is 27.9. The highest BCUT2D eigenvalue weighted by molar-refractivity contribution is 9.10. The molecule has 0 radical (unpaired) electrons. The summed E-state index contributed by atoms with van der Waals surface area (Å²) in [5.41, 5.74) is 1.27. The van der Waals surface area contributed by atoms with Crippen LogP contribution in [0.3, 0.4) is 0 Å². The molecule has 1 fully saturated rings. The Hall–Kier alpha value is -3.23. The third-order valence-electron chi connectivity index (χ3n) is 6.71. The van der Waals surface area contributed by atoms with Gasteiger partial charge in [-0.25, -0.2) is 9.37 Å². The number of fused-ring (bicyclic) bond motifs is 1. The first-order valence-corrected chi connectivity index (χ1v) is 13.6. The van der Waals surface area contributed by atoms with E-state index in [9.17, 15) is 9.18 Å². The van der Waals surface area contributed by atoms with Gasteiger partial charge >= 0.3 is 0 Å². The summed E-state index contributed by atoms with van der Waals surface area (Å²) in [7, 11) is 1.50. The van der Waals surface area contributed by atoms with Crippen molar-refractivity contribution in [3.63, 3.8) is 0 Å². The fourth-order valence-electron chi connectivity index (χ4n) is 4.78. The zero-order chi connectivity index (χ0) is 26.6. The van der Waals surface area contributed by atoms with Gasteiger partial charge in [0.15, 0.2) is 11.5 Å². The van der Waals surface area contributed by atoms with Crippen molar-refractivity contribution in [3.8, 4) is 11.5 Å². The van der Waals surface area contributed by atoms with Crippen LogP contribution in [0.2, 0.25) is 5.02 Å². The molecule has 0 unspecified atom stereocenters. The summed E-state index contributed by atoms with van der Waals surface area (Å²) in [5, 5.41) is 5.49. The van der Waals surface area contributed by atoms with Crippen LogP contribution in [0.15, 0.2) is 69.0 Å². The van der Waals surface area contributed by atoms with Crippen molar-refractivity contribution in [2.45, 2.75) is 44.6 Å². The van der Waals surface area contributed by atoms with Gasteiger partial charge in [-0.3, -0.25) is 4.79 Å². The highest BCUT2D eigenvalue weighted by atomic mass is 79.9. The number of nitrogens with zero attached hydrogens (tertiary/aromatic N) is 3. The third kappa shape index (κ3) is 5.61. The van der Waals surface area contributed by atoms with Gasteiger partial charge in [0, 0.05) is 32.6 Å². The molecule has 0 amide bonds. The van der Waals surface area contributed by atoms with Gasteiger partial charge in [0.1, 0.15) is 18.2 Å². The fraction of sp³-hybridized carbons (Fsp3) is 0.276. The van der Waals surface area contributed by atoms with E-state index in [2.05, 4.69) is 21.0 Å². The number of hydrogen-bond donors (Lipinski definition) is 0. The quantitative estimate of drug-likeness (QED) is 0.207. The summed E-state index contributed by atoms with van der Waals surface area (Å²) in [6.07, 6.45) is 6.77. The Morgan fingerprint density at radius 2 is 1.95 bits per heavy atom. The Balaban J connectivity index is 1.59. The molecular weight excluding hydrogens is 573 g/mol. The van der Waals surface area contributed by atoms with E-state index in [1.807, 2.05) is 12.1 Å². The van der Waals surface area contributed by atoms with E-state index in [0.29, 0.717) is 44.4 Å². The summed E-state index contributed by atoms with van der Waals surface area (Å²) in [6, 6.07) is 15.2. The van der Waals surface area contributed by atoms with Gasteiger partial charge in [-0.05, 0) is 43.2 Å². The van der Waals surface area contributed by atoms with Crippen LogP contribution in [0.1, 0.15) is 55.0 Å². The highest BCUT2D eigenvalue weighted by Crippen LogP contribution is 2.35. The summed E-state index contributed by atoms with van der Waals surface area (Å²) in [4.78, 5) is 18.5. The van der Waals surface area contributed by atoms with Crippen LogP contribution in [0, 0.1) is 5.82 Å². The SMILES string of the molecule is COc1cc(Cl)cc(C=Nn2c(C3CCCCC3)nc3ccc(Br)cc3c2=O)c1OCc1ccccc1F. The van der Waals surface area contributed by atoms with E-state index in [0.717, 1.165) is 30.2 Å². The van der Waals surface area contributed by atoms with Crippen LogP contribution in [-0.2, 0) is 6.61 Å². The van der Waals surface area contributed by atoms with Crippen molar-refractivity contribution in [2.75, 3.05) is 7.11 Å². The highest BCUT2D eigenvalue weighted by Gasteiger charge is 2.23. The molecule has 3 aromatic carbocycles. The Bertz CT molecular complexity index is 1570. The van der Waals surface area contributed by atoms with E-state index < -0.39 is 0 Å². The maximum atomic E-state index is 14.2. The van der Waals surface area contributed by atoms with Crippen LogP contribution in [0.4, 0.5) is 4.39 Å². The van der Waals surface area contributed by atoms with Crippen LogP contribution < -0.4 is 15.0 Å². The Kier molecular flexibility index (Phi) is 8.09. The molecule has 0 spiro atoms. The molecule has 196 valence electrons. The molecular formula is C29H26BrClFN3O3. The molecule has 38 heavy (non-hydrogen) atoms. The van der Waals surface area contributed by atoms with Gasteiger partial charge in [-0.15, -0.1) is 0 Å². The topological polar surface area (TPSA) is 65.7 Å². The number of halogens is 3. The van der Waals surface area contributed by atoms with E-state index in [4.69, 9.17) is 26.1 Å². The Morgan fingerprint density at radius 3 is 2.71 bits per heavy atom. The normalized spacial score (nSPS) is 14.3. The van der Waals surface area contributed by atoms with E-state index in [1.165, 1.54) is 30.5 Å². The van der Waals surface area contributed by atoms with E-state index in [-0.39, 0.29) is 23.9 Å². The van der Waals surface area contributed by atoms with Crippen LogP contribution in [0.5, 0.6) is 11.5 Å². The van der Waals surface area contributed by atoms with E-state index in [1.54, 1.807) is 36.4 Å². The van der Waals surface area contributed by atoms with Crippen molar-refractivity contribution < 1.29 is 13.9 Å². The molecule has 0 atom stereocenters.